The third-order valence-electron chi connectivity index (χ3n) is 1.76. The van der Waals surface area contributed by atoms with Crippen LogP contribution in [-0.4, -0.2) is 32.5 Å². The molecule has 74 valence electrons. The van der Waals surface area contributed by atoms with Gasteiger partial charge in [0.1, 0.15) is 12.2 Å². The summed E-state index contributed by atoms with van der Waals surface area (Å²) in [6, 6.07) is 0. The van der Waals surface area contributed by atoms with Gasteiger partial charge in [0.25, 0.3) is 0 Å². The summed E-state index contributed by atoms with van der Waals surface area (Å²) in [5, 5.41) is 19.8. The number of nitrogens with zero attached hydrogens (tertiary/aromatic N) is 3. The van der Waals surface area contributed by atoms with Crippen molar-refractivity contribution >= 4 is 0 Å². The predicted molar refractivity (Wildman–Crippen MR) is 49.1 cm³/mol. The summed E-state index contributed by atoms with van der Waals surface area (Å²) in [4.78, 5) is 0. The molecular weight excluding hydrogens is 168 g/mol. The SMILES string of the molecule is CCn1cnnc1CNC[C@@H](C)O. The van der Waals surface area contributed by atoms with Crippen molar-refractivity contribution in [3.8, 4) is 0 Å². The molecule has 1 atom stereocenters. The second kappa shape index (κ2) is 4.94. The van der Waals surface area contributed by atoms with Crippen LogP contribution in [0.5, 0.6) is 0 Å². The van der Waals surface area contributed by atoms with Gasteiger partial charge in [-0.1, -0.05) is 0 Å². The smallest absolute Gasteiger partial charge is 0.146 e. The summed E-state index contributed by atoms with van der Waals surface area (Å²) in [6.45, 7) is 5.90. The largest absolute Gasteiger partial charge is 0.392 e. The first-order chi connectivity index (χ1) is 6.24. The third kappa shape index (κ3) is 3.12. The Labute approximate surface area is 77.8 Å². The minimum atomic E-state index is -0.321. The molecule has 0 aliphatic heterocycles. The van der Waals surface area contributed by atoms with Gasteiger partial charge in [0.05, 0.1) is 12.6 Å². The van der Waals surface area contributed by atoms with E-state index in [0.29, 0.717) is 13.1 Å². The molecular formula is C8H16N4O. The first-order valence-electron chi connectivity index (χ1n) is 4.49. The highest BCUT2D eigenvalue weighted by molar-refractivity contribution is 4.84. The van der Waals surface area contributed by atoms with E-state index >= 15 is 0 Å². The first kappa shape index (κ1) is 10.1. The average molecular weight is 184 g/mol. The first-order valence-corrected chi connectivity index (χ1v) is 4.49. The van der Waals surface area contributed by atoms with Gasteiger partial charge in [-0.3, -0.25) is 0 Å². The molecule has 1 heterocycles. The van der Waals surface area contributed by atoms with Crippen LogP contribution in [0.25, 0.3) is 0 Å². The summed E-state index contributed by atoms with van der Waals surface area (Å²) in [5.74, 6) is 0.906. The number of aromatic nitrogens is 3. The number of hydrogen-bond donors (Lipinski definition) is 2. The number of rotatable bonds is 5. The van der Waals surface area contributed by atoms with Gasteiger partial charge in [0, 0.05) is 13.1 Å². The molecule has 0 bridgehead atoms. The molecule has 0 spiro atoms. The zero-order valence-electron chi connectivity index (χ0n) is 8.06. The van der Waals surface area contributed by atoms with Crippen LogP contribution in [0.3, 0.4) is 0 Å². The second-order valence-electron chi connectivity index (χ2n) is 3.01. The number of aliphatic hydroxyl groups excluding tert-OH is 1. The Balaban J connectivity index is 2.36. The molecule has 0 fully saturated rings. The van der Waals surface area contributed by atoms with Crippen molar-refractivity contribution in [1.82, 2.24) is 20.1 Å². The normalized spacial score (nSPS) is 13.2. The predicted octanol–water partition coefficient (Wildman–Crippen LogP) is -0.232. The Morgan fingerprint density at radius 1 is 1.69 bits per heavy atom. The standard InChI is InChI=1S/C8H16N4O/c1-3-12-6-10-11-8(12)5-9-4-7(2)13/h6-7,9,13H,3-5H2,1-2H3/t7-/m1/s1. The molecule has 0 amide bonds. The van der Waals surface area contributed by atoms with Crippen molar-refractivity contribution in [1.29, 1.82) is 0 Å². The van der Waals surface area contributed by atoms with Crippen LogP contribution >= 0.6 is 0 Å². The molecule has 1 aromatic heterocycles. The van der Waals surface area contributed by atoms with E-state index in [-0.39, 0.29) is 6.10 Å². The molecule has 13 heavy (non-hydrogen) atoms. The van der Waals surface area contributed by atoms with E-state index in [2.05, 4.69) is 15.5 Å². The molecule has 1 aromatic rings. The maximum absolute atomic E-state index is 9.00. The Bertz CT molecular complexity index is 246. The van der Waals surface area contributed by atoms with Crippen LogP contribution in [0.2, 0.25) is 0 Å². The monoisotopic (exact) mass is 184 g/mol. The van der Waals surface area contributed by atoms with Crippen LogP contribution in [-0.2, 0) is 13.1 Å². The molecule has 0 aliphatic rings. The quantitative estimate of drug-likeness (QED) is 0.663. The van der Waals surface area contributed by atoms with Gasteiger partial charge in [-0.15, -0.1) is 10.2 Å². The lowest BCUT2D eigenvalue weighted by Crippen LogP contribution is -2.25. The Morgan fingerprint density at radius 2 is 2.46 bits per heavy atom. The fraction of sp³-hybridized carbons (Fsp3) is 0.750. The molecule has 5 nitrogen and oxygen atoms in total. The van der Waals surface area contributed by atoms with E-state index in [4.69, 9.17) is 5.11 Å². The minimum Gasteiger partial charge on any atom is -0.392 e. The van der Waals surface area contributed by atoms with Gasteiger partial charge < -0.3 is 15.0 Å². The lowest BCUT2D eigenvalue weighted by atomic mass is 10.4. The van der Waals surface area contributed by atoms with Gasteiger partial charge in [0.2, 0.25) is 0 Å². The second-order valence-corrected chi connectivity index (χ2v) is 3.01. The van der Waals surface area contributed by atoms with Crippen molar-refractivity contribution in [2.45, 2.75) is 33.0 Å². The van der Waals surface area contributed by atoms with Crippen LogP contribution < -0.4 is 5.32 Å². The molecule has 0 unspecified atom stereocenters. The van der Waals surface area contributed by atoms with Gasteiger partial charge in [-0.2, -0.15) is 0 Å². The Morgan fingerprint density at radius 3 is 3.08 bits per heavy atom. The van der Waals surface area contributed by atoms with Crippen molar-refractivity contribution in [2.24, 2.45) is 0 Å². The van der Waals surface area contributed by atoms with Gasteiger partial charge in [0.15, 0.2) is 0 Å². The Kier molecular flexibility index (Phi) is 3.85. The number of nitrogens with one attached hydrogen (secondary N) is 1. The van der Waals surface area contributed by atoms with E-state index in [1.165, 1.54) is 0 Å². The van der Waals surface area contributed by atoms with Crippen molar-refractivity contribution in [3.63, 3.8) is 0 Å². The van der Waals surface area contributed by atoms with Gasteiger partial charge in [-0.25, -0.2) is 0 Å². The summed E-state index contributed by atoms with van der Waals surface area (Å²) in [7, 11) is 0. The molecule has 0 aromatic carbocycles. The van der Waals surface area contributed by atoms with Crippen molar-refractivity contribution in [3.05, 3.63) is 12.2 Å². The molecule has 2 N–H and O–H groups in total. The maximum Gasteiger partial charge on any atom is 0.146 e. The van der Waals surface area contributed by atoms with Gasteiger partial charge in [-0.05, 0) is 13.8 Å². The number of aliphatic hydroxyl groups is 1. The summed E-state index contributed by atoms with van der Waals surface area (Å²) in [5.41, 5.74) is 0. The van der Waals surface area contributed by atoms with Gasteiger partial charge >= 0.3 is 0 Å². The lowest BCUT2D eigenvalue weighted by molar-refractivity contribution is 0.190. The average Bonchev–Trinajstić information content (AvgIpc) is 2.51. The lowest BCUT2D eigenvalue weighted by Gasteiger charge is -2.06. The van der Waals surface area contributed by atoms with Crippen LogP contribution in [0, 0.1) is 0 Å². The van der Waals surface area contributed by atoms with E-state index < -0.39 is 0 Å². The molecule has 0 aliphatic carbocycles. The fourth-order valence-corrected chi connectivity index (χ4v) is 1.07. The highest BCUT2D eigenvalue weighted by Crippen LogP contribution is 1.93. The fourth-order valence-electron chi connectivity index (χ4n) is 1.07. The van der Waals surface area contributed by atoms with E-state index in [1.807, 2.05) is 11.5 Å². The van der Waals surface area contributed by atoms with E-state index in [1.54, 1.807) is 13.3 Å². The maximum atomic E-state index is 9.00. The highest BCUT2D eigenvalue weighted by Gasteiger charge is 2.01. The molecule has 5 heteroatoms. The summed E-state index contributed by atoms with van der Waals surface area (Å²) >= 11 is 0. The van der Waals surface area contributed by atoms with E-state index in [9.17, 15) is 0 Å². The Hall–Kier alpha value is -0.940. The topological polar surface area (TPSA) is 63.0 Å². The molecule has 0 saturated carbocycles. The number of hydrogen-bond acceptors (Lipinski definition) is 4. The van der Waals surface area contributed by atoms with Crippen LogP contribution in [0.1, 0.15) is 19.7 Å². The van der Waals surface area contributed by atoms with Crippen molar-refractivity contribution < 1.29 is 5.11 Å². The number of aryl methyl sites for hydroxylation is 1. The molecule has 0 saturated heterocycles. The van der Waals surface area contributed by atoms with Crippen LogP contribution in [0.4, 0.5) is 0 Å². The summed E-state index contributed by atoms with van der Waals surface area (Å²) in [6.07, 6.45) is 1.39. The van der Waals surface area contributed by atoms with Crippen LogP contribution in [0.15, 0.2) is 6.33 Å². The highest BCUT2D eigenvalue weighted by atomic mass is 16.3. The summed E-state index contributed by atoms with van der Waals surface area (Å²) < 4.78 is 1.97. The zero-order valence-corrected chi connectivity index (χ0v) is 8.06. The third-order valence-corrected chi connectivity index (χ3v) is 1.76. The van der Waals surface area contributed by atoms with Crippen molar-refractivity contribution in [2.75, 3.05) is 6.54 Å². The molecule has 0 radical (unpaired) electrons. The zero-order chi connectivity index (χ0) is 9.68. The minimum absolute atomic E-state index is 0.321. The molecule has 1 rings (SSSR count). The van der Waals surface area contributed by atoms with E-state index in [0.717, 1.165) is 12.4 Å².